The number of hydrogen-bond acceptors (Lipinski definition) is 2. The van der Waals surface area contributed by atoms with Crippen LogP contribution in [0.15, 0.2) is 16.9 Å². The average Bonchev–Trinajstić information content (AvgIpc) is 2.17. The summed E-state index contributed by atoms with van der Waals surface area (Å²) in [6, 6.07) is 0. The Morgan fingerprint density at radius 2 is 2.27 bits per heavy atom. The van der Waals surface area contributed by atoms with Crippen molar-refractivity contribution in [2.24, 2.45) is 5.10 Å². The first-order chi connectivity index (χ1) is 5.16. The molecule has 0 aromatic carbocycles. The first kappa shape index (κ1) is 8.36. The van der Waals surface area contributed by atoms with E-state index in [1.165, 1.54) is 0 Å². The summed E-state index contributed by atoms with van der Waals surface area (Å²) in [6.07, 6.45) is 1.99. The lowest BCUT2D eigenvalue weighted by molar-refractivity contribution is -0.556. The van der Waals surface area contributed by atoms with E-state index in [0.29, 0.717) is 0 Å². The highest BCUT2D eigenvalue weighted by Crippen LogP contribution is 2.12. The van der Waals surface area contributed by atoms with Crippen LogP contribution in [0.4, 0.5) is 0 Å². The molecule has 0 aromatic heterocycles. The van der Waals surface area contributed by atoms with E-state index in [1.54, 1.807) is 5.01 Å². The van der Waals surface area contributed by atoms with Gasteiger partial charge in [0.25, 0.3) is 0 Å². The monoisotopic (exact) mass is 170 g/mol. The Bertz CT molecular complexity index is 242. The Kier molecular flexibility index (Phi) is 2.36. The number of likely N-dealkylation sites (N-methyl/N-ethyl adjacent to an activating group) is 1. The lowest BCUT2D eigenvalue weighted by Crippen LogP contribution is -2.73. The van der Waals surface area contributed by atoms with Crippen molar-refractivity contribution in [3.63, 3.8) is 0 Å². The summed E-state index contributed by atoms with van der Waals surface area (Å²) in [5.41, 5.74) is 2.06. The van der Waals surface area contributed by atoms with Gasteiger partial charge in [0.15, 0.2) is 0 Å². The third kappa shape index (κ3) is 1.46. The fourth-order valence-electron chi connectivity index (χ4n) is 1.01. The highest BCUT2D eigenvalue weighted by Gasteiger charge is 2.20. The molecule has 0 spiro atoms. The maximum absolute atomic E-state index is 5.13. The molecular weight excluding hydrogens is 158 g/mol. The van der Waals surface area contributed by atoms with E-state index >= 15 is 0 Å². The Balaban J connectivity index is 2.92. The number of quaternary nitrogens is 1. The molecule has 0 amide bonds. The van der Waals surface area contributed by atoms with Crippen molar-refractivity contribution in [3.8, 4) is 0 Å². The molecule has 1 heterocycles. The molecule has 2 N–H and O–H groups in total. The molecule has 0 aliphatic carbocycles. The zero-order chi connectivity index (χ0) is 8.43. The Morgan fingerprint density at radius 3 is 2.64 bits per heavy atom. The summed E-state index contributed by atoms with van der Waals surface area (Å²) >= 11 is 5.13. The zero-order valence-electron chi connectivity index (χ0n) is 6.96. The van der Waals surface area contributed by atoms with Gasteiger partial charge in [-0.15, -0.1) is 0 Å². The van der Waals surface area contributed by atoms with Gasteiger partial charge >= 0.3 is 0 Å². The number of hydrazone groups is 1. The van der Waals surface area contributed by atoms with Gasteiger partial charge in [-0.05, 0) is 6.92 Å². The third-order valence-electron chi connectivity index (χ3n) is 1.55. The van der Waals surface area contributed by atoms with Crippen LogP contribution in [0.5, 0.6) is 0 Å². The van der Waals surface area contributed by atoms with E-state index in [0.717, 1.165) is 16.3 Å². The fraction of sp³-hybridized carbons (Fsp3) is 0.429. The highest BCUT2D eigenvalue weighted by atomic mass is 32.1. The lowest BCUT2D eigenvalue weighted by Gasteiger charge is -2.03. The van der Waals surface area contributed by atoms with Gasteiger partial charge in [-0.2, -0.15) is 5.10 Å². The normalized spacial score (nSPS) is 21.4. The smallest absolute Gasteiger partial charge is 0.136 e. The number of nitrogens with zero attached hydrogens (tertiary/aromatic N) is 2. The molecule has 0 fully saturated rings. The van der Waals surface area contributed by atoms with E-state index in [2.05, 4.69) is 5.10 Å². The minimum Gasteiger partial charge on any atom is -0.322 e. The average molecular weight is 170 g/mol. The number of thiocarbonyl (C=S) groups is 1. The Hall–Kier alpha value is -0.740. The summed E-state index contributed by atoms with van der Waals surface area (Å²) < 4.78 is 0. The highest BCUT2D eigenvalue weighted by molar-refractivity contribution is 7.80. The second kappa shape index (κ2) is 3.11. The Morgan fingerprint density at radius 1 is 1.64 bits per heavy atom. The second-order valence-corrected chi connectivity index (χ2v) is 2.81. The second-order valence-electron chi connectivity index (χ2n) is 2.43. The van der Waals surface area contributed by atoms with Gasteiger partial charge in [0.05, 0.1) is 18.3 Å². The minimum absolute atomic E-state index is 0.806. The van der Waals surface area contributed by atoms with Gasteiger partial charge in [-0.1, -0.05) is 12.2 Å². The maximum atomic E-state index is 5.13. The molecular formula is C7H12N3S+. The van der Waals surface area contributed by atoms with Crippen molar-refractivity contribution >= 4 is 22.9 Å². The molecule has 1 aliphatic rings. The van der Waals surface area contributed by atoms with E-state index in [9.17, 15) is 0 Å². The number of nitrogens with two attached hydrogens (primary N) is 1. The van der Waals surface area contributed by atoms with Gasteiger partial charge in [-0.3, -0.25) is 5.01 Å². The van der Waals surface area contributed by atoms with Crippen molar-refractivity contribution in [1.82, 2.24) is 5.01 Å². The zero-order valence-corrected chi connectivity index (χ0v) is 7.77. The molecule has 60 valence electrons. The molecule has 1 aliphatic heterocycles. The van der Waals surface area contributed by atoms with Gasteiger partial charge in [0, 0.05) is 7.05 Å². The SMILES string of the molecule is C[NH2+]/C=C1\C(=S)N(C)N=C1C. The molecule has 0 saturated carbocycles. The molecule has 3 nitrogen and oxygen atoms in total. The van der Waals surface area contributed by atoms with Crippen LogP contribution in [0.1, 0.15) is 6.92 Å². The molecule has 4 heteroatoms. The van der Waals surface area contributed by atoms with Gasteiger partial charge in [-0.25, -0.2) is 0 Å². The largest absolute Gasteiger partial charge is 0.322 e. The molecule has 0 unspecified atom stereocenters. The predicted molar refractivity (Wildman–Crippen MR) is 49.4 cm³/mol. The molecule has 0 radical (unpaired) electrons. The topological polar surface area (TPSA) is 32.2 Å². The molecule has 11 heavy (non-hydrogen) atoms. The van der Waals surface area contributed by atoms with Crippen LogP contribution < -0.4 is 5.32 Å². The van der Waals surface area contributed by atoms with E-state index in [1.807, 2.05) is 32.5 Å². The first-order valence-corrected chi connectivity index (χ1v) is 3.91. The predicted octanol–water partition coefficient (Wildman–Crippen LogP) is -0.288. The lowest BCUT2D eigenvalue weighted by atomic mass is 10.2. The van der Waals surface area contributed by atoms with Crippen molar-refractivity contribution in [2.75, 3.05) is 14.1 Å². The molecule has 1 rings (SSSR count). The third-order valence-corrected chi connectivity index (χ3v) is 2.03. The standard InChI is InChI=1S/C7H11N3S/c1-5-6(4-8-2)7(11)10(3)9-5/h4,8H,1-3H3/p+1/b6-4-. The van der Waals surface area contributed by atoms with Crippen LogP contribution in [0, 0.1) is 0 Å². The van der Waals surface area contributed by atoms with Crippen molar-refractivity contribution < 1.29 is 5.32 Å². The number of hydrogen-bond donors (Lipinski definition) is 1. The maximum Gasteiger partial charge on any atom is 0.136 e. The summed E-state index contributed by atoms with van der Waals surface area (Å²) in [5, 5.41) is 7.88. The molecule has 0 saturated heterocycles. The van der Waals surface area contributed by atoms with Crippen LogP contribution in [0.2, 0.25) is 0 Å². The minimum atomic E-state index is 0.806. The van der Waals surface area contributed by atoms with Crippen molar-refractivity contribution in [3.05, 3.63) is 11.8 Å². The Labute approximate surface area is 71.8 Å². The molecule has 0 atom stereocenters. The number of rotatable bonds is 1. The van der Waals surface area contributed by atoms with Gasteiger partial charge in [0.1, 0.15) is 11.2 Å². The molecule has 0 aromatic rings. The summed E-state index contributed by atoms with van der Waals surface area (Å²) in [5.74, 6) is 0. The van der Waals surface area contributed by atoms with Crippen LogP contribution in [0.3, 0.4) is 0 Å². The van der Waals surface area contributed by atoms with Gasteiger partial charge < -0.3 is 5.32 Å². The van der Waals surface area contributed by atoms with Crippen molar-refractivity contribution in [2.45, 2.75) is 6.92 Å². The van der Waals surface area contributed by atoms with Crippen molar-refractivity contribution in [1.29, 1.82) is 0 Å². The van der Waals surface area contributed by atoms with Crippen LogP contribution in [-0.2, 0) is 0 Å². The fourth-order valence-corrected chi connectivity index (χ4v) is 1.27. The van der Waals surface area contributed by atoms with E-state index in [-0.39, 0.29) is 0 Å². The first-order valence-electron chi connectivity index (χ1n) is 3.50. The van der Waals surface area contributed by atoms with E-state index < -0.39 is 0 Å². The summed E-state index contributed by atoms with van der Waals surface area (Å²) in [7, 11) is 3.84. The quantitative estimate of drug-likeness (QED) is 0.433. The van der Waals surface area contributed by atoms with Crippen LogP contribution in [-0.4, -0.2) is 29.8 Å². The summed E-state index contributed by atoms with van der Waals surface area (Å²) in [6.45, 7) is 1.96. The van der Waals surface area contributed by atoms with E-state index in [4.69, 9.17) is 12.2 Å². The summed E-state index contributed by atoms with van der Waals surface area (Å²) in [4.78, 5) is 0.806. The van der Waals surface area contributed by atoms with Gasteiger partial charge in [0.2, 0.25) is 0 Å². The van der Waals surface area contributed by atoms with Crippen LogP contribution >= 0.6 is 12.2 Å². The van der Waals surface area contributed by atoms with Crippen LogP contribution in [0.25, 0.3) is 0 Å². The molecule has 0 bridgehead atoms.